The Kier molecular flexibility index (Phi) is 4.02. The maximum atomic E-state index is 12.0. The van der Waals surface area contributed by atoms with E-state index in [9.17, 15) is 14.9 Å². The van der Waals surface area contributed by atoms with Crippen molar-refractivity contribution in [1.82, 2.24) is 4.98 Å². The largest absolute Gasteiger partial charge is 0.392 e. The fourth-order valence-electron chi connectivity index (χ4n) is 1.60. The van der Waals surface area contributed by atoms with Crippen LogP contribution in [-0.2, 0) is 6.61 Å². The predicted molar refractivity (Wildman–Crippen MR) is 71.2 cm³/mol. The quantitative estimate of drug-likeness (QED) is 0.652. The van der Waals surface area contributed by atoms with Gasteiger partial charge in [-0.2, -0.15) is 0 Å². The maximum absolute atomic E-state index is 12.0. The third-order valence-corrected chi connectivity index (χ3v) is 2.67. The summed E-state index contributed by atoms with van der Waals surface area (Å²) in [5.41, 5.74) is 1.14. The second-order valence-electron chi connectivity index (χ2n) is 3.95. The number of aliphatic hydroxyl groups excluding tert-OH is 1. The smallest absolute Gasteiger partial charge is 0.269 e. The van der Waals surface area contributed by atoms with Gasteiger partial charge in [0.2, 0.25) is 0 Å². The van der Waals surface area contributed by atoms with Gasteiger partial charge in [-0.05, 0) is 18.2 Å². The van der Waals surface area contributed by atoms with E-state index in [1.807, 2.05) is 0 Å². The molecule has 7 heteroatoms. The summed E-state index contributed by atoms with van der Waals surface area (Å²) in [4.78, 5) is 25.8. The summed E-state index contributed by atoms with van der Waals surface area (Å²) in [6, 6.07) is 6.83. The van der Waals surface area contributed by atoms with Crippen molar-refractivity contribution in [2.45, 2.75) is 6.61 Å². The topological polar surface area (TPSA) is 105 Å². The van der Waals surface area contributed by atoms with E-state index in [1.165, 1.54) is 36.7 Å². The Morgan fingerprint density at radius 2 is 2.00 bits per heavy atom. The molecular weight excluding hydrogens is 262 g/mol. The van der Waals surface area contributed by atoms with Crippen LogP contribution in [0.3, 0.4) is 0 Å². The van der Waals surface area contributed by atoms with E-state index < -0.39 is 10.8 Å². The Labute approximate surface area is 114 Å². The highest BCUT2D eigenvalue weighted by atomic mass is 16.6. The molecule has 0 aliphatic rings. The molecule has 0 aliphatic heterocycles. The van der Waals surface area contributed by atoms with Gasteiger partial charge in [-0.3, -0.25) is 19.9 Å². The second-order valence-corrected chi connectivity index (χ2v) is 3.95. The number of carbonyl (C=O) groups excluding carboxylic acids is 1. The zero-order chi connectivity index (χ0) is 14.5. The van der Waals surface area contributed by atoms with Gasteiger partial charge >= 0.3 is 0 Å². The molecule has 0 bridgehead atoms. The van der Waals surface area contributed by atoms with Crippen molar-refractivity contribution in [3.8, 4) is 0 Å². The number of aliphatic hydroxyl groups is 1. The van der Waals surface area contributed by atoms with Gasteiger partial charge in [-0.15, -0.1) is 0 Å². The van der Waals surface area contributed by atoms with Crippen molar-refractivity contribution < 1.29 is 14.8 Å². The van der Waals surface area contributed by atoms with E-state index in [0.717, 1.165) is 0 Å². The van der Waals surface area contributed by atoms with Crippen LogP contribution in [0.2, 0.25) is 0 Å². The summed E-state index contributed by atoms with van der Waals surface area (Å²) in [6.45, 7) is -0.224. The van der Waals surface area contributed by atoms with Crippen LogP contribution in [0.5, 0.6) is 0 Å². The van der Waals surface area contributed by atoms with Crippen molar-refractivity contribution in [3.63, 3.8) is 0 Å². The molecule has 0 saturated carbocycles. The molecule has 7 nitrogen and oxygen atoms in total. The number of nitrogens with one attached hydrogen (secondary N) is 1. The normalized spacial score (nSPS) is 10.1. The Bertz CT molecular complexity index is 640. The standard InChI is InChI=1S/C13H11N3O4/c17-8-10-5-6-14-7-12(10)15-13(18)9-1-3-11(4-2-9)16(19)20/h1-7,17H,8H2,(H,15,18). The molecular formula is C13H11N3O4. The number of hydrogen-bond donors (Lipinski definition) is 2. The minimum atomic E-state index is -0.535. The SMILES string of the molecule is O=C(Nc1cnccc1CO)c1ccc([N+](=O)[O-])cc1. The monoisotopic (exact) mass is 273 g/mol. The predicted octanol–water partition coefficient (Wildman–Crippen LogP) is 1.73. The molecule has 0 unspecified atom stereocenters. The molecule has 0 spiro atoms. The number of carbonyl (C=O) groups is 1. The van der Waals surface area contributed by atoms with Gasteiger partial charge in [0.05, 0.1) is 23.4 Å². The average Bonchev–Trinajstić information content (AvgIpc) is 2.48. The summed E-state index contributed by atoms with van der Waals surface area (Å²) in [6.07, 6.45) is 2.93. The summed E-state index contributed by atoms with van der Waals surface area (Å²) in [5.74, 6) is -0.428. The lowest BCUT2D eigenvalue weighted by Crippen LogP contribution is -2.13. The number of aromatic nitrogens is 1. The van der Waals surface area contributed by atoms with Gasteiger partial charge in [0, 0.05) is 29.5 Å². The van der Waals surface area contributed by atoms with E-state index >= 15 is 0 Å². The number of nitro groups is 1. The van der Waals surface area contributed by atoms with E-state index in [0.29, 0.717) is 11.3 Å². The number of pyridine rings is 1. The van der Waals surface area contributed by atoms with Crippen molar-refractivity contribution in [2.75, 3.05) is 5.32 Å². The number of nitro benzene ring substituents is 1. The Morgan fingerprint density at radius 3 is 2.60 bits per heavy atom. The molecule has 2 rings (SSSR count). The lowest BCUT2D eigenvalue weighted by Gasteiger charge is -2.08. The number of benzene rings is 1. The van der Waals surface area contributed by atoms with Crippen LogP contribution in [0.1, 0.15) is 15.9 Å². The summed E-state index contributed by atoms with van der Waals surface area (Å²) in [5, 5.41) is 22.3. The third-order valence-electron chi connectivity index (χ3n) is 2.67. The molecule has 2 N–H and O–H groups in total. The minimum Gasteiger partial charge on any atom is -0.392 e. The van der Waals surface area contributed by atoms with Crippen molar-refractivity contribution in [1.29, 1.82) is 0 Å². The van der Waals surface area contributed by atoms with Crippen LogP contribution < -0.4 is 5.32 Å². The number of nitrogens with zero attached hydrogens (tertiary/aromatic N) is 2. The molecule has 20 heavy (non-hydrogen) atoms. The van der Waals surface area contributed by atoms with Gasteiger partial charge < -0.3 is 10.4 Å². The number of hydrogen-bond acceptors (Lipinski definition) is 5. The first-order chi connectivity index (χ1) is 9.61. The minimum absolute atomic E-state index is 0.0843. The molecule has 1 amide bonds. The molecule has 0 saturated heterocycles. The zero-order valence-electron chi connectivity index (χ0n) is 10.3. The van der Waals surface area contributed by atoms with Gasteiger partial charge in [0.15, 0.2) is 0 Å². The van der Waals surface area contributed by atoms with Crippen LogP contribution >= 0.6 is 0 Å². The highest BCUT2D eigenvalue weighted by Crippen LogP contribution is 2.16. The lowest BCUT2D eigenvalue weighted by atomic mass is 10.2. The molecule has 0 atom stereocenters. The Balaban J connectivity index is 2.17. The molecule has 2 aromatic rings. The van der Waals surface area contributed by atoms with Crippen LogP contribution in [0.4, 0.5) is 11.4 Å². The molecule has 1 heterocycles. The molecule has 1 aromatic carbocycles. The van der Waals surface area contributed by atoms with Gasteiger partial charge in [0.1, 0.15) is 0 Å². The van der Waals surface area contributed by atoms with E-state index in [-0.39, 0.29) is 17.9 Å². The average molecular weight is 273 g/mol. The summed E-state index contributed by atoms with van der Waals surface area (Å²) >= 11 is 0. The molecule has 102 valence electrons. The van der Waals surface area contributed by atoms with Crippen LogP contribution in [0.25, 0.3) is 0 Å². The van der Waals surface area contributed by atoms with Crippen LogP contribution in [0.15, 0.2) is 42.7 Å². The third kappa shape index (κ3) is 2.96. The van der Waals surface area contributed by atoms with Crippen molar-refractivity contribution >= 4 is 17.3 Å². The Hall–Kier alpha value is -2.80. The fourth-order valence-corrected chi connectivity index (χ4v) is 1.60. The molecule has 0 aliphatic carbocycles. The first kappa shape index (κ1) is 13.6. The highest BCUT2D eigenvalue weighted by molar-refractivity contribution is 6.04. The summed E-state index contributed by atoms with van der Waals surface area (Å²) < 4.78 is 0. The number of non-ortho nitro benzene ring substituents is 1. The van der Waals surface area contributed by atoms with E-state index in [1.54, 1.807) is 6.07 Å². The zero-order valence-corrected chi connectivity index (χ0v) is 10.3. The van der Waals surface area contributed by atoms with Crippen molar-refractivity contribution in [3.05, 3.63) is 64.0 Å². The summed E-state index contributed by atoms with van der Waals surface area (Å²) in [7, 11) is 0. The van der Waals surface area contributed by atoms with Gasteiger partial charge in [0.25, 0.3) is 11.6 Å². The number of rotatable bonds is 4. The number of anilines is 1. The Morgan fingerprint density at radius 1 is 1.30 bits per heavy atom. The lowest BCUT2D eigenvalue weighted by molar-refractivity contribution is -0.384. The molecule has 1 aromatic heterocycles. The van der Waals surface area contributed by atoms with Crippen molar-refractivity contribution in [2.24, 2.45) is 0 Å². The first-order valence-corrected chi connectivity index (χ1v) is 5.71. The molecule has 0 fully saturated rings. The molecule has 0 radical (unpaired) electrons. The number of amides is 1. The highest BCUT2D eigenvalue weighted by Gasteiger charge is 2.11. The fraction of sp³-hybridized carbons (Fsp3) is 0.0769. The van der Waals surface area contributed by atoms with Crippen LogP contribution in [-0.4, -0.2) is 20.9 Å². The van der Waals surface area contributed by atoms with Gasteiger partial charge in [-0.1, -0.05) is 0 Å². The van der Waals surface area contributed by atoms with Gasteiger partial charge in [-0.25, -0.2) is 0 Å². The maximum Gasteiger partial charge on any atom is 0.269 e. The van der Waals surface area contributed by atoms with E-state index in [2.05, 4.69) is 10.3 Å². The second kappa shape index (κ2) is 5.89. The van der Waals surface area contributed by atoms with Crippen LogP contribution in [0, 0.1) is 10.1 Å². The first-order valence-electron chi connectivity index (χ1n) is 5.71. The van der Waals surface area contributed by atoms with E-state index in [4.69, 9.17) is 5.11 Å².